The second-order valence-electron chi connectivity index (χ2n) is 4.59. The second-order valence-corrected chi connectivity index (χ2v) is 4.59. The van der Waals surface area contributed by atoms with Gasteiger partial charge in [-0.25, -0.2) is 13.2 Å². The highest BCUT2D eigenvalue weighted by atomic mass is 19.2. The van der Waals surface area contributed by atoms with Crippen molar-refractivity contribution in [1.82, 2.24) is 5.32 Å². The van der Waals surface area contributed by atoms with Crippen LogP contribution in [0.5, 0.6) is 5.75 Å². The Labute approximate surface area is 125 Å². The molecule has 6 heteroatoms. The molecular weight excluding hydrogens is 295 g/mol. The minimum atomic E-state index is -1.66. The van der Waals surface area contributed by atoms with Gasteiger partial charge in [0.05, 0.1) is 12.1 Å². The molecule has 22 heavy (non-hydrogen) atoms. The third kappa shape index (κ3) is 3.58. The minimum Gasteiger partial charge on any atom is -0.491 e. The zero-order valence-electron chi connectivity index (χ0n) is 11.8. The lowest BCUT2D eigenvalue weighted by Gasteiger charge is -2.10. The average Bonchev–Trinajstić information content (AvgIpc) is 2.50. The molecular formula is C16H14F3NO2. The third-order valence-corrected chi connectivity index (χ3v) is 3.02. The maximum absolute atomic E-state index is 13.4. The molecule has 1 N–H and O–H groups in total. The average molecular weight is 309 g/mol. The lowest BCUT2D eigenvalue weighted by molar-refractivity contribution is 0.0941. The van der Waals surface area contributed by atoms with Gasteiger partial charge < -0.3 is 10.1 Å². The van der Waals surface area contributed by atoms with E-state index >= 15 is 0 Å². The number of rotatable bonds is 5. The number of hydrogen-bond donors (Lipinski definition) is 1. The van der Waals surface area contributed by atoms with E-state index in [4.69, 9.17) is 4.74 Å². The first-order chi connectivity index (χ1) is 10.5. The van der Waals surface area contributed by atoms with Crippen LogP contribution in [0.2, 0.25) is 0 Å². The standard InChI is InChI=1S/C16H14F3NO2/c1-10-4-2-3-5-13(10)22-9-8-20-16(21)11-6-7-12(17)15(19)14(11)18/h2-7H,8-9H2,1H3,(H,20,21). The van der Waals surface area contributed by atoms with E-state index in [1.165, 1.54) is 0 Å². The summed E-state index contributed by atoms with van der Waals surface area (Å²) in [5.74, 6) is -4.65. The maximum atomic E-state index is 13.4. The van der Waals surface area contributed by atoms with Gasteiger partial charge in [0.1, 0.15) is 12.4 Å². The molecule has 2 aromatic carbocycles. The van der Waals surface area contributed by atoms with E-state index in [-0.39, 0.29) is 13.2 Å². The lowest BCUT2D eigenvalue weighted by Crippen LogP contribution is -2.29. The van der Waals surface area contributed by atoms with Crippen LogP contribution in [-0.2, 0) is 0 Å². The van der Waals surface area contributed by atoms with Crippen molar-refractivity contribution < 1.29 is 22.7 Å². The van der Waals surface area contributed by atoms with E-state index in [0.717, 1.165) is 11.6 Å². The number of halogens is 3. The highest BCUT2D eigenvalue weighted by Crippen LogP contribution is 2.16. The Hall–Kier alpha value is -2.50. The maximum Gasteiger partial charge on any atom is 0.254 e. The highest BCUT2D eigenvalue weighted by molar-refractivity contribution is 5.94. The lowest BCUT2D eigenvalue weighted by atomic mass is 10.2. The Morgan fingerprint density at radius 2 is 1.82 bits per heavy atom. The number of carbonyl (C=O) groups is 1. The Morgan fingerprint density at radius 3 is 2.55 bits per heavy atom. The van der Waals surface area contributed by atoms with Crippen LogP contribution in [0, 0.1) is 24.4 Å². The number of benzene rings is 2. The van der Waals surface area contributed by atoms with Gasteiger partial charge in [-0.3, -0.25) is 4.79 Å². The predicted octanol–water partition coefficient (Wildman–Crippen LogP) is 3.22. The highest BCUT2D eigenvalue weighted by Gasteiger charge is 2.18. The van der Waals surface area contributed by atoms with Gasteiger partial charge in [0.2, 0.25) is 0 Å². The van der Waals surface area contributed by atoms with Crippen molar-refractivity contribution in [3.05, 3.63) is 65.0 Å². The van der Waals surface area contributed by atoms with Crippen molar-refractivity contribution in [2.75, 3.05) is 13.2 Å². The normalized spacial score (nSPS) is 10.4. The summed E-state index contributed by atoms with van der Waals surface area (Å²) in [7, 11) is 0. The summed E-state index contributed by atoms with van der Waals surface area (Å²) in [6.07, 6.45) is 0. The zero-order chi connectivity index (χ0) is 16.1. The molecule has 0 aliphatic heterocycles. The molecule has 0 unspecified atom stereocenters. The minimum absolute atomic E-state index is 0.103. The number of nitrogens with one attached hydrogen (secondary N) is 1. The van der Waals surface area contributed by atoms with Crippen LogP contribution in [0.4, 0.5) is 13.2 Å². The van der Waals surface area contributed by atoms with Gasteiger partial charge in [-0.05, 0) is 30.7 Å². The zero-order valence-corrected chi connectivity index (χ0v) is 11.8. The summed E-state index contributed by atoms with van der Waals surface area (Å²) in [5.41, 5.74) is 0.398. The summed E-state index contributed by atoms with van der Waals surface area (Å²) in [4.78, 5) is 11.7. The molecule has 0 saturated heterocycles. The largest absolute Gasteiger partial charge is 0.491 e. The quantitative estimate of drug-likeness (QED) is 0.680. The molecule has 3 nitrogen and oxygen atoms in total. The van der Waals surface area contributed by atoms with E-state index in [2.05, 4.69) is 5.32 Å². The van der Waals surface area contributed by atoms with Crippen molar-refractivity contribution >= 4 is 5.91 Å². The topological polar surface area (TPSA) is 38.3 Å². The predicted molar refractivity (Wildman–Crippen MR) is 75.3 cm³/mol. The van der Waals surface area contributed by atoms with Crippen LogP contribution in [0.25, 0.3) is 0 Å². The fourth-order valence-corrected chi connectivity index (χ4v) is 1.84. The molecule has 0 radical (unpaired) electrons. The number of carbonyl (C=O) groups excluding carboxylic acids is 1. The number of aryl methyl sites for hydroxylation is 1. The second kappa shape index (κ2) is 6.98. The van der Waals surface area contributed by atoms with E-state index in [1.807, 2.05) is 25.1 Å². The van der Waals surface area contributed by atoms with Gasteiger partial charge in [-0.2, -0.15) is 0 Å². The number of ether oxygens (including phenoxy) is 1. The van der Waals surface area contributed by atoms with Crippen molar-refractivity contribution in [3.8, 4) is 5.75 Å². The van der Waals surface area contributed by atoms with Gasteiger partial charge in [0.25, 0.3) is 5.91 Å². The molecule has 0 bridgehead atoms. The Bertz CT molecular complexity index is 689. The van der Waals surface area contributed by atoms with Crippen LogP contribution < -0.4 is 10.1 Å². The van der Waals surface area contributed by atoms with Crippen LogP contribution >= 0.6 is 0 Å². The summed E-state index contributed by atoms with van der Waals surface area (Å²) in [6.45, 7) is 2.15. The molecule has 2 aromatic rings. The van der Waals surface area contributed by atoms with Crippen molar-refractivity contribution in [2.45, 2.75) is 6.92 Å². The molecule has 0 aromatic heterocycles. The fraction of sp³-hybridized carbons (Fsp3) is 0.188. The van der Waals surface area contributed by atoms with Crippen molar-refractivity contribution in [3.63, 3.8) is 0 Å². The van der Waals surface area contributed by atoms with Crippen LogP contribution in [-0.4, -0.2) is 19.1 Å². The molecule has 0 atom stereocenters. The molecule has 116 valence electrons. The van der Waals surface area contributed by atoms with Crippen molar-refractivity contribution in [1.29, 1.82) is 0 Å². The van der Waals surface area contributed by atoms with Gasteiger partial charge in [-0.1, -0.05) is 18.2 Å². The Morgan fingerprint density at radius 1 is 1.09 bits per heavy atom. The Balaban J connectivity index is 1.89. The van der Waals surface area contributed by atoms with E-state index in [9.17, 15) is 18.0 Å². The first-order valence-corrected chi connectivity index (χ1v) is 6.61. The van der Waals surface area contributed by atoms with E-state index in [0.29, 0.717) is 11.8 Å². The molecule has 0 aliphatic carbocycles. The summed E-state index contributed by atoms with van der Waals surface area (Å²) in [5, 5.41) is 2.38. The van der Waals surface area contributed by atoms with Gasteiger partial charge in [0, 0.05) is 0 Å². The van der Waals surface area contributed by atoms with E-state index < -0.39 is 28.9 Å². The smallest absolute Gasteiger partial charge is 0.254 e. The van der Waals surface area contributed by atoms with Gasteiger partial charge in [-0.15, -0.1) is 0 Å². The molecule has 0 saturated carbocycles. The number of hydrogen-bond acceptors (Lipinski definition) is 2. The fourth-order valence-electron chi connectivity index (χ4n) is 1.84. The van der Waals surface area contributed by atoms with E-state index in [1.54, 1.807) is 6.07 Å². The summed E-state index contributed by atoms with van der Waals surface area (Å²) in [6, 6.07) is 8.95. The molecule has 0 aliphatic rings. The molecule has 2 rings (SSSR count). The third-order valence-electron chi connectivity index (χ3n) is 3.02. The van der Waals surface area contributed by atoms with Crippen molar-refractivity contribution in [2.24, 2.45) is 0 Å². The number of amides is 1. The van der Waals surface area contributed by atoms with Crippen LogP contribution in [0.3, 0.4) is 0 Å². The summed E-state index contributed by atoms with van der Waals surface area (Å²) >= 11 is 0. The Kier molecular flexibility index (Phi) is 5.04. The molecule has 0 fully saturated rings. The SMILES string of the molecule is Cc1ccccc1OCCNC(=O)c1ccc(F)c(F)c1F. The first kappa shape index (κ1) is 15.9. The van der Waals surface area contributed by atoms with Gasteiger partial charge >= 0.3 is 0 Å². The molecule has 1 amide bonds. The summed E-state index contributed by atoms with van der Waals surface area (Å²) < 4.78 is 44.7. The molecule has 0 heterocycles. The van der Waals surface area contributed by atoms with Gasteiger partial charge in [0.15, 0.2) is 17.5 Å². The molecule has 0 spiro atoms. The van der Waals surface area contributed by atoms with Crippen LogP contribution in [0.1, 0.15) is 15.9 Å². The first-order valence-electron chi connectivity index (χ1n) is 6.61. The van der Waals surface area contributed by atoms with Crippen LogP contribution in [0.15, 0.2) is 36.4 Å². The number of para-hydroxylation sites is 1. The monoisotopic (exact) mass is 309 g/mol.